The molecule has 0 saturated heterocycles. The van der Waals surface area contributed by atoms with Gasteiger partial charge in [-0.05, 0) is 43.9 Å². The zero-order valence-electron chi connectivity index (χ0n) is 14.1. The molecule has 3 aromatic rings. The summed E-state index contributed by atoms with van der Waals surface area (Å²) in [6.45, 7) is 6.64. The number of hydrogen-bond donors (Lipinski definition) is 2. The number of nitrogens with two attached hydrogens (primary N) is 1. The molecule has 3 N–H and O–H groups in total. The minimum Gasteiger partial charge on any atom is -0.397 e. The van der Waals surface area contributed by atoms with E-state index in [1.807, 2.05) is 39.0 Å². The summed E-state index contributed by atoms with van der Waals surface area (Å²) < 4.78 is 0. The molecule has 5 heteroatoms. The number of rotatable bonds is 4. The van der Waals surface area contributed by atoms with Gasteiger partial charge in [-0.25, -0.2) is 4.98 Å². The third-order valence-corrected chi connectivity index (χ3v) is 5.52. The number of anilines is 1. The topological polar surface area (TPSA) is 68.0 Å². The molecule has 24 heavy (non-hydrogen) atoms. The Balaban J connectivity index is 1.80. The zero-order chi connectivity index (χ0) is 17.3. The van der Waals surface area contributed by atoms with Gasteiger partial charge in [0.05, 0.1) is 5.69 Å². The monoisotopic (exact) mass is 339 g/mol. The van der Waals surface area contributed by atoms with Crippen LogP contribution in [0, 0.1) is 20.8 Å². The summed E-state index contributed by atoms with van der Waals surface area (Å²) in [5, 5.41) is 3.87. The van der Waals surface area contributed by atoms with Crippen LogP contribution in [0.25, 0.3) is 10.2 Å². The van der Waals surface area contributed by atoms with Crippen molar-refractivity contribution in [3.63, 3.8) is 0 Å². The van der Waals surface area contributed by atoms with Gasteiger partial charge >= 0.3 is 0 Å². The van der Waals surface area contributed by atoms with Crippen LogP contribution < -0.4 is 11.1 Å². The van der Waals surface area contributed by atoms with Gasteiger partial charge < -0.3 is 11.1 Å². The van der Waals surface area contributed by atoms with E-state index < -0.39 is 0 Å². The molecule has 0 saturated carbocycles. The van der Waals surface area contributed by atoms with Crippen molar-refractivity contribution in [3.05, 3.63) is 57.6 Å². The third kappa shape index (κ3) is 2.99. The molecule has 2 heterocycles. The van der Waals surface area contributed by atoms with Gasteiger partial charge in [0.2, 0.25) is 0 Å². The average Bonchev–Trinajstić information content (AvgIpc) is 2.90. The fourth-order valence-corrected chi connectivity index (χ4v) is 3.90. The van der Waals surface area contributed by atoms with Crippen LogP contribution >= 0.6 is 11.3 Å². The van der Waals surface area contributed by atoms with E-state index in [9.17, 15) is 4.79 Å². The van der Waals surface area contributed by atoms with E-state index in [4.69, 9.17) is 5.73 Å². The zero-order valence-corrected chi connectivity index (χ0v) is 15.0. The van der Waals surface area contributed by atoms with Gasteiger partial charge in [0.25, 0.3) is 5.91 Å². The summed E-state index contributed by atoms with van der Waals surface area (Å²) in [7, 11) is 0. The lowest BCUT2D eigenvalue weighted by atomic mass is 10.1. The summed E-state index contributed by atoms with van der Waals surface area (Å²) in [4.78, 5) is 18.5. The number of aryl methyl sites for hydroxylation is 2. The molecule has 0 fully saturated rings. The number of nitrogen functional groups attached to an aromatic ring is 1. The Bertz CT molecular complexity index is 900. The van der Waals surface area contributed by atoms with E-state index in [0.717, 1.165) is 33.5 Å². The predicted octanol–water partition coefficient (Wildman–Crippen LogP) is 3.78. The number of nitrogens with zero attached hydrogens (tertiary/aromatic N) is 1. The van der Waals surface area contributed by atoms with Crippen LogP contribution in [0.5, 0.6) is 0 Å². The molecule has 0 aliphatic rings. The second kappa shape index (κ2) is 6.61. The quantitative estimate of drug-likeness (QED) is 0.760. The van der Waals surface area contributed by atoms with E-state index in [1.165, 1.54) is 16.9 Å². The maximum Gasteiger partial charge on any atom is 0.263 e. The van der Waals surface area contributed by atoms with Gasteiger partial charge in [-0.1, -0.05) is 30.3 Å². The highest BCUT2D eigenvalue weighted by atomic mass is 32.1. The Labute approximate surface area is 145 Å². The molecular formula is C19H21N3OS. The number of nitrogens with one attached hydrogen (secondary N) is 1. The van der Waals surface area contributed by atoms with Gasteiger partial charge in [0, 0.05) is 17.6 Å². The standard InChI is InChI=1S/C19H21N3OS/c1-11-12(2)15-16(20)17(24-19(15)22-13(11)3)18(23)21-10-9-14-7-5-4-6-8-14/h4-8H,9-10,20H2,1-3H3,(H,21,23). The predicted molar refractivity (Wildman–Crippen MR) is 101 cm³/mol. The van der Waals surface area contributed by atoms with E-state index in [1.54, 1.807) is 0 Å². The largest absolute Gasteiger partial charge is 0.397 e. The first-order valence-electron chi connectivity index (χ1n) is 7.97. The molecule has 1 amide bonds. The van der Waals surface area contributed by atoms with Crippen molar-refractivity contribution in [3.8, 4) is 0 Å². The summed E-state index contributed by atoms with van der Waals surface area (Å²) >= 11 is 1.37. The molecule has 1 aromatic carbocycles. The van der Waals surface area contributed by atoms with E-state index in [0.29, 0.717) is 17.1 Å². The first-order valence-corrected chi connectivity index (χ1v) is 8.78. The number of hydrogen-bond acceptors (Lipinski definition) is 4. The highest BCUT2D eigenvalue weighted by Gasteiger charge is 2.19. The molecule has 0 atom stereocenters. The Morgan fingerprint density at radius 1 is 1.17 bits per heavy atom. The Hall–Kier alpha value is -2.40. The second-order valence-electron chi connectivity index (χ2n) is 5.96. The van der Waals surface area contributed by atoms with Gasteiger partial charge in [-0.15, -0.1) is 11.3 Å². The Kier molecular flexibility index (Phi) is 4.53. The van der Waals surface area contributed by atoms with Gasteiger partial charge in [0.15, 0.2) is 0 Å². The normalized spacial score (nSPS) is 11.0. The summed E-state index contributed by atoms with van der Waals surface area (Å²) in [5.74, 6) is -0.124. The molecule has 3 rings (SSSR count). The Morgan fingerprint density at radius 3 is 2.58 bits per heavy atom. The van der Waals surface area contributed by atoms with E-state index >= 15 is 0 Å². The second-order valence-corrected chi connectivity index (χ2v) is 6.96. The number of pyridine rings is 1. The molecule has 0 radical (unpaired) electrons. The highest BCUT2D eigenvalue weighted by Crippen LogP contribution is 2.36. The van der Waals surface area contributed by atoms with Crippen LogP contribution in [0.15, 0.2) is 30.3 Å². The van der Waals surface area contributed by atoms with Crippen LogP contribution in [0.2, 0.25) is 0 Å². The number of aromatic nitrogens is 1. The minimum absolute atomic E-state index is 0.124. The highest BCUT2D eigenvalue weighted by molar-refractivity contribution is 7.21. The maximum absolute atomic E-state index is 12.5. The molecule has 2 aromatic heterocycles. The summed E-state index contributed by atoms with van der Waals surface area (Å²) in [6.07, 6.45) is 0.798. The van der Waals surface area contributed by atoms with Crippen LogP contribution in [0.1, 0.15) is 32.1 Å². The minimum atomic E-state index is -0.124. The summed E-state index contributed by atoms with van der Waals surface area (Å²) in [6, 6.07) is 10.1. The average molecular weight is 339 g/mol. The van der Waals surface area contributed by atoms with Crippen molar-refractivity contribution in [1.29, 1.82) is 0 Å². The number of amides is 1. The molecule has 0 aliphatic heterocycles. The lowest BCUT2D eigenvalue weighted by Gasteiger charge is -2.06. The fourth-order valence-electron chi connectivity index (χ4n) is 2.78. The van der Waals surface area contributed by atoms with Crippen LogP contribution in [-0.4, -0.2) is 17.4 Å². The molecule has 0 spiro atoms. The number of carbonyl (C=O) groups excluding carboxylic acids is 1. The fraction of sp³-hybridized carbons (Fsp3) is 0.263. The Morgan fingerprint density at radius 2 is 1.88 bits per heavy atom. The van der Waals surface area contributed by atoms with Crippen LogP contribution in [0.4, 0.5) is 5.69 Å². The molecule has 124 valence electrons. The summed E-state index contributed by atoms with van der Waals surface area (Å²) in [5.41, 5.74) is 11.2. The maximum atomic E-state index is 12.5. The number of carbonyl (C=O) groups is 1. The van der Waals surface area contributed by atoms with Crippen molar-refractivity contribution in [2.75, 3.05) is 12.3 Å². The number of thiophene rings is 1. The van der Waals surface area contributed by atoms with Crippen LogP contribution in [0.3, 0.4) is 0 Å². The van der Waals surface area contributed by atoms with Crippen molar-refractivity contribution in [1.82, 2.24) is 10.3 Å². The first-order chi connectivity index (χ1) is 11.5. The van der Waals surface area contributed by atoms with E-state index in [-0.39, 0.29) is 5.91 Å². The first kappa shape index (κ1) is 16.5. The van der Waals surface area contributed by atoms with Gasteiger partial charge in [-0.3, -0.25) is 4.79 Å². The smallest absolute Gasteiger partial charge is 0.263 e. The third-order valence-electron chi connectivity index (χ3n) is 4.42. The van der Waals surface area contributed by atoms with Crippen LogP contribution in [-0.2, 0) is 6.42 Å². The number of benzene rings is 1. The molecule has 0 unspecified atom stereocenters. The molecule has 0 bridgehead atoms. The lowest BCUT2D eigenvalue weighted by molar-refractivity contribution is 0.0959. The van der Waals surface area contributed by atoms with E-state index in [2.05, 4.69) is 22.4 Å². The lowest BCUT2D eigenvalue weighted by Crippen LogP contribution is -2.25. The van der Waals surface area contributed by atoms with Crippen molar-refractivity contribution >= 4 is 33.1 Å². The van der Waals surface area contributed by atoms with Gasteiger partial charge in [-0.2, -0.15) is 0 Å². The van der Waals surface area contributed by atoms with Crippen molar-refractivity contribution < 1.29 is 4.79 Å². The molecule has 4 nitrogen and oxygen atoms in total. The SMILES string of the molecule is Cc1nc2sc(C(=O)NCCc3ccccc3)c(N)c2c(C)c1C. The van der Waals surface area contributed by atoms with Crippen molar-refractivity contribution in [2.45, 2.75) is 27.2 Å². The number of fused-ring (bicyclic) bond motifs is 1. The molecular weight excluding hydrogens is 318 g/mol. The van der Waals surface area contributed by atoms with Crippen molar-refractivity contribution in [2.24, 2.45) is 0 Å². The van der Waals surface area contributed by atoms with Gasteiger partial charge in [0.1, 0.15) is 9.71 Å². The molecule has 0 aliphatic carbocycles.